The van der Waals surface area contributed by atoms with Crippen molar-refractivity contribution in [1.82, 2.24) is 4.90 Å². The Morgan fingerprint density at radius 2 is 2.07 bits per heavy atom. The zero-order chi connectivity index (χ0) is 10.2. The van der Waals surface area contributed by atoms with Gasteiger partial charge in [-0.3, -0.25) is 0 Å². The first-order valence-corrected chi connectivity index (χ1v) is 6.02. The molecule has 1 unspecified atom stereocenters. The Hall–Kier alpha value is -0.460. The third-order valence-corrected chi connectivity index (χ3v) is 4.18. The van der Waals surface area contributed by atoms with Crippen molar-refractivity contribution in [2.24, 2.45) is 11.3 Å². The minimum absolute atomic E-state index is 0.740. The summed E-state index contributed by atoms with van der Waals surface area (Å²) in [6.07, 6.45) is 7.31. The molecule has 0 amide bonds. The second-order valence-electron chi connectivity index (χ2n) is 5.59. The van der Waals surface area contributed by atoms with Crippen LogP contribution in [0.15, 0.2) is 12.3 Å². The highest BCUT2D eigenvalue weighted by atomic mass is 15.1. The van der Waals surface area contributed by atoms with Crippen molar-refractivity contribution in [1.29, 1.82) is 0 Å². The van der Waals surface area contributed by atoms with Crippen molar-refractivity contribution in [2.75, 3.05) is 13.1 Å². The fourth-order valence-corrected chi connectivity index (χ4v) is 3.22. The molecule has 1 aliphatic carbocycles. The van der Waals surface area contributed by atoms with Crippen molar-refractivity contribution in [3.63, 3.8) is 0 Å². The highest BCUT2D eigenvalue weighted by Crippen LogP contribution is 2.50. The van der Waals surface area contributed by atoms with Gasteiger partial charge in [-0.05, 0) is 43.9 Å². The number of rotatable bonds is 1. The zero-order valence-corrected chi connectivity index (χ0v) is 9.68. The Kier molecular flexibility index (Phi) is 2.59. The van der Waals surface area contributed by atoms with Crippen LogP contribution < -0.4 is 0 Å². The maximum absolute atomic E-state index is 4.07. The van der Waals surface area contributed by atoms with Gasteiger partial charge in [-0.2, -0.15) is 0 Å². The van der Waals surface area contributed by atoms with Gasteiger partial charge in [0.2, 0.25) is 0 Å². The van der Waals surface area contributed by atoms with Crippen LogP contribution in [0.5, 0.6) is 0 Å². The van der Waals surface area contributed by atoms with Gasteiger partial charge in [-0.1, -0.05) is 19.9 Å². The van der Waals surface area contributed by atoms with Gasteiger partial charge < -0.3 is 4.90 Å². The lowest BCUT2D eigenvalue weighted by Crippen LogP contribution is -2.31. The Bertz CT molecular complexity index is 227. The number of hydrogen-bond acceptors (Lipinski definition) is 1. The quantitative estimate of drug-likeness (QED) is 0.617. The minimum atomic E-state index is 0.740. The molecule has 2 fully saturated rings. The van der Waals surface area contributed by atoms with E-state index in [4.69, 9.17) is 0 Å². The minimum Gasteiger partial charge on any atom is -0.375 e. The van der Waals surface area contributed by atoms with Gasteiger partial charge in [-0.15, -0.1) is 0 Å². The number of nitrogens with zero attached hydrogens (tertiary/aromatic N) is 1. The molecule has 1 atom stereocenters. The monoisotopic (exact) mass is 193 g/mol. The van der Waals surface area contributed by atoms with E-state index in [1.807, 2.05) is 0 Å². The predicted octanol–water partition coefficient (Wildman–Crippen LogP) is 3.42. The van der Waals surface area contributed by atoms with Gasteiger partial charge in [0.05, 0.1) is 0 Å². The normalized spacial score (nSPS) is 31.0. The average molecular weight is 193 g/mol. The molecule has 2 aliphatic rings. The summed E-state index contributed by atoms with van der Waals surface area (Å²) in [5.41, 5.74) is 2.00. The van der Waals surface area contributed by atoms with Crippen molar-refractivity contribution < 1.29 is 0 Å². The van der Waals surface area contributed by atoms with Gasteiger partial charge in [0, 0.05) is 18.8 Å². The lowest BCUT2D eigenvalue weighted by molar-refractivity contribution is 0.0983. The number of hydrogen-bond donors (Lipinski definition) is 0. The summed E-state index contributed by atoms with van der Waals surface area (Å²) >= 11 is 0. The van der Waals surface area contributed by atoms with Crippen LogP contribution in [-0.2, 0) is 0 Å². The average Bonchev–Trinajstić information content (AvgIpc) is 2.22. The Balaban J connectivity index is 2.02. The van der Waals surface area contributed by atoms with E-state index in [0.29, 0.717) is 0 Å². The third kappa shape index (κ3) is 1.82. The van der Waals surface area contributed by atoms with Crippen LogP contribution >= 0.6 is 0 Å². The van der Waals surface area contributed by atoms with Crippen LogP contribution in [0.1, 0.15) is 46.0 Å². The van der Waals surface area contributed by atoms with Gasteiger partial charge >= 0.3 is 0 Å². The highest BCUT2D eigenvalue weighted by molar-refractivity contribution is 4.97. The van der Waals surface area contributed by atoms with Crippen LogP contribution in [0.3, 0.4) is 0 Å². The number of allylic oxidation sites excluding steroid dienone is 1. The molecule has 0 aromatic heterocycles. The molecule has 0 bridgehead atoms. The molecule has 1 spiro atoms. The summed E-state index contributed by atoms with van der Waals surface area (Å²) in [6.45, 7) is 11.1. The van der Waals surface area contributed by atoms with E-state index in [1.165, 1.54) is 50.9 Å². The molecule has 0 aromatic rings. The molecule has 1 heterocycles. The van der Waals surface area contributed by atoms with E-state index in [1.54, 1.807) is 0 Å². The summed E-state index contributed by atoms with van der Waals surface area (Å²) in [7, 11) is 0. The van der Waals surface area contributed by atoms with Crippen molar-refractivity contribution in [2.45, 2.75) is 46.0 Å². The molecule has 0 aromatic carbocycles. The van der Waals surface area contributed by atoms with Crippen LogP contribution in [0.2, 0.25) is 0 Å². The summed E-state index contributed by atoms with van der Waals surface area (Å²) in [5.74, 6) is 0.856. The Morgan fingerprint density at radius 3 is 2.57 bits per heavy atom. The lowest BCUT2D eigenvalue weighted by Gasteiger charge is -2.42. The summed E-state index contributed by atoms with van der Waals surface area (Å²) < 4.78 is 0. The van der Waals surface area contributed by atoms with Crippen LogP contribution in [0.25, 0.3) is 0 Å². The maximum Gasteiger partial charge on any atom is 0.0200 e. The molecular formula is C13H23N. The summed E-state index contributed by atoms with van der Waals surface area (Å²) in [4.78, 5) is 2.48. The highest BCUT2D eigenvalue weighted by Gasteiger charge is 2.39. The molecule has 1 aliphatic heterocycles. The molecule has 80 valence electrons. The Morgan fingerprint density at radius 1 is 1.36 bits per heavy atom. The largest absolute Gasteiger partial charge is 0.375 e. The molecule has 14 heavy (non-hydrogen) atoms. The molecular weight excluding hydrogens is 170 g/mol. The van der Waals surface area contributed by atoms with Crippen LogP contribution in [0, 0.1) is 11.3 Å². The lowest BCUT2D eigenvalue weighted by atomic mass is 9.63. The van der Waals surface area contributed by atoms with E-state index < -0.39 is 0 Å². The summed E-state index contributed by atoms with van der Waals surface area (Å²) in [5, 5.41) is 0. The maximum atomic E-state index is 4.07. The molecule has 1 saturated heterocycles. The fraction of sp³-hybridized carbons (Fsp3) is 0.846. The van der Waals surface area contributed by atoms with E-state index >= 15 is 0 Å². The van der Waals surface area contributed by atoms with Gasteiger partial charge in [0.25, 0.3) is 0 Å². The molecule has 0 radical (unpaired) electrons. The first-order chi connectivity index (χ1) is 6.61. The molecule has 1 heteroatoms. The Labute approximate surface area is 88.2 Å². The van der Waals surface area contributed by atoms with Crippen molar-refractivity contribution in [3.05, 3.63) is 12.3 Å². The topological polar surface area (TPSA) is 3.24 Å². The number of likely N-dealkylation sites (tertiary alicyclic amines) is 1. The van der Waals surface area contributed by atoms with Crippen LogP contribution in [0.4, 0.5) is 0 Å². The van der Waals surface area contributed by atoms with Crippen molar-refractivity contribution >= 4 is 0 Å². The smallest absolute Gasteiger partial charge is 0.0200 e. The van der Waals surface area contributed by atoms with Crippen molar-refractivity contribution in [3.8, 4) is 0 Å². The third-order valence-electron chi connectivity index (χ3n) is 4.18. The van der Waals surface area contributed by atoms with E-state index in [9.17, 15) is 0 Å². The van der Waals surface area contributed by atoms with Crippen LogP contribution in [-0.4, -0.2) is 18.0 Å². The van der Waals surface area contributed by atoms with Gasteiger partial charge in [-0.25, -0.2) is 0 Å². The van der Waals surface area contributed by atoms with E-state index in [0.717, 1.165) is 11.3 Å². The second kappa shape index (κ2) is 3.60. The van der Waals surface area contributed by atoms with E-state index in [-0.39, 0.29) is 0 Å². The SMILES string of the molecule is C=C(C)N1CCC2(CCC2)CC(C)C1. The first-order valence-electron chi connectivity index (χ1n) is 6.02. The van der Waals surface area contributed by atoms with Gasteiger partial charge in [0.15, 0.2) is 0 Å². The standard InChI is InChI=1S/C13H23N/c1-11(2)14-8-7-13(5-4-6-13)9-12(3)10-14/h12H,1,4-10H2,2-3H3. The fourth-order valence-electron chi connectivity index (χ4n) is 3.22. The zero-order valence-electron chi connectivity index (χ0n) is 9.68. The van der Waals surface area contributed by atoms with E-state index in [2.05, 4.69) is 25.3 Å². The molecule has 1 saturated carbocycles. The molecule has 1 nitrogen and oxygen atoms in total. The first kappa shape index (κ1) is 10.1. The second-order valence-corrected chi connectivity index (χ2v) is 5.59. The molecule has 2 rings (SSSR count). The summed E-state index contributed by atoms with van der Waals surface area (Å²) in [6, 6.07) is 0. The van der Waals surface area contributed by atoms with Gasteiger partial charge in [0.1, 0.15) is 0 Å². The predicted molar refractivity (Wildman–Crippen MR) is 61.1 cm³/mol. The molecule has 0 N–H and O–H groups in total.